The van der Waals surface area contributed by atoms with Crippen LogP contribution in [0.15, 0.2) is 24.3 Å². The lowest BCUT2D eigenvalue weighted by Crippen LogP contribution is -2.40. The lowest BCUT2D eigenvalue weighted by atomic mass is 9.96. The molecule has 0 spiro atoms. The summed E-state index contributed by atoms with van der Waals surface area (Å²) >= 11 is 0. The molecule has 21 heavy (non-hydrogen) atoms. The van der Waals surface area contributed by atoms with Crippen molar-refractivity contribution in [2.75, 3.05) is 19.6 Å². The van der Waals surface area contributed by atoms with Crippen LogP contribution in [0.2, 0.25) is 0 Å². The van der Waals surface area contributed by atoms with Crippen LogP contribution in [0.1, 0.15) is 50.6 Å². The number of nitrogens with one attached hydrogen (secondary N) is 1. The molecule has 1 saturated heterocycles. The van der Waals surface area contributed by atoms with Crippen molar-refractivity contribution in [3.8, 4) is 0 Å². The first-order valence-electron chi connectivity index (χ1n) is 8.50. The molecule has 2 nitrogen and oxygen atoms in total. The zero-order valence-electron chi connectivity index (χ0n) is 13.0. The van der Waals surface area contributed by atoms with E-state index in [0.29, 0.717) is 6.04 Å². The van der Waals surface area contributed by atoms with E-state index in [4.69, 9.17) is 0 Å². The lowest BCUT2D eigenvalue weighted by molar-refractivity contribution is 0.140. The number of rotatable bonds is 6. The molecule has 1 N–H and O–H groups in total. The van der Waals surface area contributed by atoms with Crippen LogP contribution in [0, 0.1) is 11.7 Å². The summed E-state index contributed by atoms with van der Waals surface area (Å²) in [4.78, 5) is 2.70. The Hall–Kier alpha value is -0.930. The Bertz CT molecular complexity index is 435. The van der Waals surface area contributed by atoms with Crippen LogP contribution in [0.5, 0.6) is 0 Å². The highest BCUT2D eigenvalue weighted by Gasteiger charge is 2.35. The zero-order valence-corrected chi connectivity index (χ0v) is 13.0. The first kappa shape index (κ1) is 15.0. The van der Waals surface area contributed by atoms with Crippen molar-refractivity contribution >= 4 is 0 Å². The maximum absolute atomic E-state index is 13.2. The minimum absolute atomic E-state index is 0.136. The van der Waals surface area contributed by atoms with Crippen molar-refractivity contribution in [1.29, 1.82) is 0 Å². The molecule has 2 unspecified atom stereocenters. The highest BCUT2D eigenvalue weighted by molar-refractivity contribution is 5.20. The summed E-state index contributed by atoms with van der Waals surface area (Å²) in [6.07, 6.45) is 6.41. The fourth-order valence-electron chi connectivity index (χ4n) is 3.66. The summed E-state index contributed by atoms with van der Waals surface area (Å²) in [6.45, 7) is 5.77. The Labute approximate surface area is 127 Å². The molecule has 0 radical (unpaired) electrons. The van der Waals surface area contributed by atoms with Gasteiger partial charge < -0.3 is 5.32 Å². The third kappa shape index (κ3) is 3.83. The van der Waals surface area contributed by atoms with Crippen molar-refractivity contribution in [2.24, 2.45) is 5.92 Å². The summed E-state index contributed by atoms with van der Waals surface area (Å²) < 4.78 is 13.2. The molecule has 3 rings (SSSR count). The van der Waals surface area contributed by atoms with E-state index in [0.717, 1.165) is 24.9 Å². The first-order chi connectivity index (χ1) is 10.3. The van der Waals surface area contributed by atoms with Gasteiger partial charge in [0, 0.05) is 18.6 Å². The number of piperidine rings is 1. The van der Waals surface area contributed by atoms with Crippen molar-refractivity contribution in [3.63, 3.8) is 0 Å². The second-order valence-corrected chi connectivity index (χ2v) is 6.62. The van der Waals surface area contributed by atoms with Gasteiger partial charge in [-0.3, -0.25) is 4.90 Å². The number of halogens is 1. The van der Waals surface area contributed by atoms with Crippen molar-refractivity contribution in [2.45, 2.75) is 51.1 Å². The average Bonchev–Trinajstić information content (AvgIpc) is 3.34. The predicted molar refractivity (Wildman–Crippen MR) is 84.8 cm³/mol. The van der Waals surface area contributed by atoms with Crippen molar-refractivity contribution in [1.82, 2.24) is 10.2 Å². The number of benzene rings is 1. The van der Waals surface area contributed by atoms with Crippen LogP contribution < -0.4 is 5.32 Å². The van der Waals surface area contributed by atoms with Gasteiger partial charge in [-0.25, -0.2) is 4.39 Å². The molecular formula is C18H27FN2. The highest BCUT2D eigenvalue weighted by Crippen LogP contribution is 2.37. The molecule has 3 heteroatoms. The Kier molecular flexibility index (Phi) is 4.91. The molecule has 1 aliphatic carbocycles. The van der Waals surface area contributed by atoms with E-state index in [1.165, 1.54) is 44.3 Å². The molecule has 1 heterocycles. The smallest absolute Gasteiger partial charge is 0.123 e. The summed E-state index contributed by atoms with van der Waals surface area (Å²) in [5, 5.41) is 3.53. The Balaban J connectivity index is 1.72. The van der Waals surface area contributed by atoms with Gasteiger partial charge in [0.05, 0.1) is 0 Å². The van der Waals surface area contributed by atoms with Gasteiger partial charge in [-0.15, -0.1) is 0 Å². The first-order valence-corrected chi connectivity index (χ1v) is 8.50. The third-order valence-electron chi connectivity index (χ3n) is 4.93. The van der Waals surface area contributed by atoms with Gasteiger partial charge in [0.15, 0.2) is 0 Å². The van der Waals surface area contributed by atoms with Crippen LogP contribution in [0.25, 0.3) is 0 Å². The topological polar surface area (TPSA) is 15.3 Å². The maximum atomic E-state index is 13.2. The van der Waals surface area contributed by atoms with E-state index in [2.05, 4.69) is 17.1 Å². The standard InChI is InChI=1S/C18H27FN2/c1-2-18(15-5-7-16(19)8-6-15)21(17-9-10-17)13-14-4-3-11-20-12-14/h5-8,14,17-18,20H,2-4,9-13H2,1H3. The molecular weight excluding hydrogens is 263 g/mol. The normalized spacial score (nSPS) is 24.2. The quantitative estimate of drug-likeness (QED) is 0.858. The van der Waals surface area contributed by atoms with E-state index >= 15 is 0 Å². The summed E-state index contributed by atoms with van der Waals surface area (Å²) in [5.74, 6) is 0.636. The molecule has 1 saturated carbocycles. The van der Waals surface area contributed by atoms with Crippen LogP contribution in [-0.2, 0) is 0 Å². The Morgan fingerprint density at radius 3 is 2.57 bits per heavy atom. The molecule has 2 fully saturated rings. The van der Waals surface area contributed by atoms with Crippen LogP contribution >= 0.6 is 0 Å². The molecule has 0 amide bonds. The molecule has 1 aromatic carbocycles. The molecule has 2 atom stereocenters. The highest BCUT2D eigenvalue weighted by atomic mass is 19.1. The SMILES string of the molecule is CCC(c1ccc(F)cc1)N(CC1CCCNC1)C1CC1. The Morgan fingerprint density at radius 2 is 2.00 bits per heavy atom. The van der Waals surface area contributed by atoms with E-state index in [1.807, 2.05) is 12.1 Å². The molecule has 116 valence electrons. The minimum Gasteiger partial charge on any atom is -0.316 e. The fourth-order valence-corrected chi connectivity index (χ4v) is 3.66. The summed E-state index contributed by atoms with van der Waals surface area (Å²) in [6, 6.07) is 8.34. The minimum atomic E-state index is -0.136. The molecule has 2 aliphatic rings. The monoisotopic (exact) mass is 290 g/mol. The summed E-state index contributed by atoms with van der Waals surface area (Å²) in [5.41, 5.74) is 1.27. The molecule has 1 aromatic rings. The predicted octanol–water partition coefficient (Wildman–Crippen LogP) is 3.74. The lowest BCUT2D eigenvalue weighted by Gasteiger charge is -2.36. The second kappa shape index (κ2) is 6.89. The number of hydrogen-bond donors (Lipinski definition) is 1. The van der Waals surface area contributed by atoms with Gasteiger partial charge in [0.2, 0.25) is 0 Å². The van der Waals surface area contributed by atoms with Crippen LogP contribution in [0.4, 0.5) is 4.39 Å². The fraction of sp³-hybridized carbons (Fsp3) is 0.667. The zero-order chi connectivity index (χ0) is 14.7. The molecule has 0 bridgehead atoms. The summed E-state index contributed by atoms with van der Waals surface area (Å²) in [7, 11) is 0. The van der Waals surface area contributed by atoms with E-state index in [9.17, 15) is 4.39 Å². The van der Waals surface area contributed by atoms with E-state index in [-0.39, 0.29) is 5.82 Å². The van der Waals surface area contributed by atoms with Crippen LogP contribution in [-0.4, -0.2) is 30.6 Å². The van der Waals surface area contributed by atoms with Gasteiger partial charge in [-0.2, -0.15) is 0 Å². The third-order valence-corrected chi connectivity index (χ3v) is 4.93. The van der Waals surface area contributed by atoms with Gasteiger partial charge in [0.25, 0.3) is 0 Å². The van der Waals surface area contributed by atoms with Gasteiger partial charge >= 0.3 is 0 Å². The van der Waals surface area contributed by atoms with Gasteiger partial charge in [-0.05, 0) is 68.8 Å². The van der Waals surface area contributed by atoms with E-state index in [1.54, 1.807) is 12.1 Å². The van der Waals surface area contributed by atoms with Crippen molar-refractivity contribution < 1.29 is 4.39 Å². The molecule has 0 aromatic heterocycles. The second-order valence-electron chi connectivity index (χ2n) is 6.62. The Morgan fingerprint density at radius 1 is 1.24 bits per heavy atom. The average molecular weight is 290 g/mol. The molecule has 1 aliphatic heterocycles. The number of nitrogens with zero attached hydrogens (tertiary/aromatic N) is 1. The largest absolute Gasteiger partial charge is 0.316 e. The van der Waals surface area contributed by atoms with E-state index < -0.39 is 0 Å². The van der Waals surface area contributed by atoms with Gasteiger partial charge in [0.1, 0.15) is 5.82 Å². The van der Waals surface area contributed by atoms with Crippen LogP contribution in [0.3, 0.4) is 0 Å². The van der Waals surface area contributed by atoms with Gasteiger partial charge in [-0.1, -0.05) is 19.1 Å². The van der Waals surface area contributed by atoms with Crippen molar-refractivity contribution in [3.05, 3.63) is 35.6 Å². The number of hydrogen-bond acceptors (Lipinski definition) is 2. The maximum Gasteiger partial charge on any atom is 0.123 e.